The van der Waals surface area contributed by atoms with E-state index in [2.05, 4.69) is 90.7 Å². The van der Waals surface area contributed by atoms with Crippen LogP contribution in [-0.2, 0) is 30.3 Å². The fraction of sp³-hybridized carbons (Fsp3) is 0.390. The largest absolute Gasteiger partial charge is 0.512 e. The van der Waals surface area contributed by atoms with Crippen molar-refractivity contribution < 1.29 is 30.0 Å². The number of nitrogens with zero attached hydrogens (tertiary/aromatic N) is 2. The van der Waals surface area contributed by atoms with Gasteiger partial charge in [0.1, 0.15) is 5.76 Å². The molecule has 47 heavy (non-hydrogen) atoms. The van der Waals surface area contributed by atoms with E-state index in [-0.39, 0.29) is 47.9 Å². The van der Waals surface area contributed by atoms with Crippen molar-refractivity contribution in [3.8, 4) is 22.4 Å². The van der Waals surface area contributed by atoms with E-state index in [4.69, 9.17) is 0 Å². The van der Waals surface area contributed by atoms with Gasteiger partial charge in [0.15, 0.2) is 5.78 Å². The number of benzene rings is 2. The summed E-state index contributed by atoms with van der Waals surface area (Å²) in [4.78, 5) is 21.4. The molecule has 6 heteroatoms. The first-order chi connectivity index (χ1) is 21.8. The Morgan fingerprint density at radius 3 is 2.15 bits per heavy atom. The van der Waals surface area contributed by atoms with Gasteiger partial charge in [0.05, 0.1) is 10.2 Å². The number of rotatable bonds is 9. The average Bonchev–Trinajstić information content (AvgIpc) is 3.55. The van der Waals surface area contributed by atoms with Gasteiger partial charge in [-0.3, -0.25) is 14.8 Å². The zero-order valence-electron chi connectivity index (χ0n) is 29.3. The van der Waals surface area contributed by atoms with Crippen LogP contribution in [-0.4, -0.2) is 20.9 Å². The minimum Gasteiger partial charge on any atom is -0.512 e. The van der Waals surface area contributed by atoms with Crippen molar-refractivity contribution in [3.63, 3.8) is 0 Å². The minimum atomic E-state index is -0.337. The molecule has 0 unspecified atom stereocenters. The van der Waals surface area contributed by atoms with Gasteiger partial charge in [-0.25, -0.2) is 0 Å². The Labute approximate surface area is 299 Å². The van der Waals surface area contributed by atoms with Crippen LogP contribution < -0.4 is 0 Å². The third-order valence-corrected chi connectivity index (χ3v) is 10.7. The van der Waals surface area contributed by atoms with E-state index in [9.17, 15) is 9.90 Å². The number of hydrogen-bond acceptors (Lipinski definition) is 5. The van der Waals surface area contributed by atoms with Gasteiger partial charge in [0.25, 0.3) is 0 Å². The second-order valence-corrected chi connectivity index (χ2v) is 14.7. The van der Waals surface area contributed by atoms with E-state index >= 15 is 0 Å². The molecule has 1 N–H and O–H groups in total. The standard InChI is InChI=1S/C26H21N2S.C15H28O2.Ir/c1-26(2,3)22-13-19(12-18-6-4-5-7-21(18)22)24-14-17(8-10-27-24)20-15-25-23(28-16-20)9-11-29-25;1-7-14(5,8-2)12(16)11-13(17)15(6,9-3)10-4;/h4-11,13-16H,1-3H3;11,16H,7-10H2,1-6H3;/q-1;;/b;12-11-;. The summed E-state index contributed by atoms with van der Waals surface area (Å²) in [7, 11) is 0. The van der Waals surface area contributed by atoms with Crippen LogP contribution in [0.1, 0.15) is 93.6 Å². The van der Waals surface area contributed by atoms with Crippen LogP contribution in [0.15, 0.2) is 84.2 Å². The molecule has 5 aromatic rings. The van der Waals surface area contributed by atoms with Crippen molar-refractivity contribution in [3.05, 3.63) is 95.8 Å². The van der Waals surface area contributed by atoms with Crippen molar-refractivity contribution >= 4 is 38.1 Å². The number of carbonyl (C=O) groups is 1. The molecule has 4 nitrogen and oxygen atoms in total. The van der Waals surface area contributed by atoms with Crippen molar-refractivity contribution in [1.82, 2.24) is 9.97 Å². The summed E-state index contributed by atoms with van der Waals surface area (Å²) < 4.78 is 1.20. The van der Waals surface area contributed by atoms with Crippen molar-refractivity contribution in [2.75, 3.05) is 0 Å². The zero-order chi connectivity index (χ0) is 33.7. The van der Waals surface area contributed by atoms with Crippen LogP contribution in [0.2, 0.25) is 0 Å². The average molecular weight is 826 g/mol. The molecule has 0 atom stereocenters. The number of thiophene rings is 1. The molecule has 0 saturated heterocycles. The first-order valence-corrected chi connectivity index (χ1v) is 17.4. The minimum absolute atomic E-state index is 0. The number of ketones is 1. The summed E-state index contributed by atoms with van der Waals surface area (Å²) >= 11 is 1.72. The molecule has 2 aromatic carbocycles. The third-order valence-electron chi connectivity index (χ3n) is 9.86. The first kappa shape index (κ1) is 38.3. The molecular formula is C41H49IrN2O2S-. The number of fused-ring (bicyclic) bond motifs is 2. The Kier molecular flexibility index (Phi) is 12.9. The molecule has 0 bridgehead atoms. The van der Waals surface area contributed by atoms with Crippen LogP contribution in [0, 0.1) is 16.9 Å². The second-order valence-electron chi connectivity index (χ2n) is 13.8. The van der Waals surface area contributed by atoms with Crippen LogP contribution in [0.3, 0.4) is 0 Å². The van der Waals surface area contributed by atoms with E-state index in [1.165, 1.54) is 21.7 Å². The number of aromatic nitrogens is 2. The predicted molar refractivity (Wildman–Crippen MR) is 196 cm³/mol. The molecule has 0 fully saturated rings. The molecule has 3 aromatic heterocycles. The van der Waals surface area contributed by atoms with Crippen molar-refractivity contribution in [2.45, 2.75) is 93.4 Å². The van der Waals surface area contributed by atoms with Crippen LogP contribution in [0.5, 0.6) is 0 Å². The Hall–Kier alpha value is -3.18. The van der Waals surface area contributed by atoms with Crippen LogP contribution in [0.4, 0.5) is 0 Å². The molecule has 0 aliphatic carbocycles. The summed E-state index contributed by atoms with van der Waals surface area (Å²) in [6.45, 7) is 18.8. The van der Waals surface area contributed by atoms with Crippen molar-refractivity contribution in [2.24, 2.45) is 10.8 Å². The summed E-state index contributed by atoms with van der Waals surface area (Å²) in [6.07, 6.45) is 8.58. The number of pyridine rings is 2. The summed E-state index contributed by atoms with van der Waals surface area (Å²) in [5.41, 5.74) is 5.99. The smallest absolute Gasteiger partial charge is 0.164 e. The third kappa shape index (κ3) is 8.65. The Morgan fingerprint density at radius 2 is 1.51 bits per heavy atom. The quantitative estimate of drug-likeness (QED) is 0.0913. The van der Waals surface area contributed by atoms with Gasteiger partial charge in [-0.05, 0) is 60.2 Å². The molecule has 5 rings (SSSR count). The van der Waals surface area contributed by atoms with E-state index in [1.54, 1.807) is 11.3 Å². The van der Waals surface area contributed by atoms with E-state index in [0.717, 1.165) is 59.0 Å². The van der Waals surface area contributed by atoms with Gasteiger partial charge in [-0.15, -0.1) is 40.5 Å². The number of hydrogen-bond donors (Lipinski definition) is 1. The van der Waals surface area contributed by atoms with E-state index in [0.29, 0.717) is 0 Å². The molecule has 0 aliphatic rings. The van der Waals surface area contributed by atoms with Crippen molar-refractivity contribution in [1.29, 1.82) is 0 Å². The number of carbonyl (C=O) groups excluding carboxylic acids is 1. The normalized spacial score (nSPS) is 12.4. The van der Waals surface area contributed by atoms with Gasteiger partial charge >= 0.3 is 0 Å². The van der Waals surface area contributed by atoms with Crippen LogP contribution >= 0.6 is 11.3 Å². The predicted octanol–water partition coefficient (Wildman–Crippen LogP) is 11.9. The molecular weight excluding hydrogens is 777 g/mol. The Bertz CT molecular complexity index is 1840. The number of aliphatic hydroxyl groups excluding tert-OH is 1. The van der Waals surface area contributed by atoms with E-state index in [1.807, 2.05) is 60.0 Å². The number of allylic oxidation sites excluding steroid dienone is 2. The van der Waals surface area contributed by atoms with E-state index < -0.39 is 0 Å². The SMILES string of the molecule is CC(C)(C)c1cc(-c2cc(-c3cnc4ccsc4c3)ccn2)[c-]c2ccccc12.CCC(C)(CC)C(=O)/C=C(\O)C(C)(CC)CC.[Ir]. The summed E-state index contributed by atoms with van der Waals surface area (Å²) in [6, 6.07) is 22.8. The fourth-order valence-electron chi connectivity index (χ4n) is 5.43. The summed E-state index contributed by atoms with van der Waals surface area (Å²) in [5, 5.41) is 14.6. The molecule has 0 spiro atoms. The van der Waals surface area contributed by atoms with Gasteiger partial charge in [0, 0.05) is 60.7 Å². The summed E-state index contributed by atoms with van der Waals surface area (Å²) in [5.74, 6) is 0.286. The Balaban J connectivity index is 0.000000290. The fourth-order valence-corrected chi connectivity index (χ4v) is 6.21. The first-order valence-electron chi connectivity index (χ1n) is 16.5. The number of aliphatic hydroxyl groups is 1. The molecule has 0 aliphatic heterocycles. The second kappa shape index (κ2) is 15.8. The maximum absolute atomic E-state index is 12.2. The monoisotopic (exact) mass is 826 g/mol. The maximum Gasteiger partial charge on any atom is 0.164 e. The molecule has 1 radical (unpaired) electrons. The zero-order valence-corrected chi connectivity index (χ0v) is 32.5. The molecule has 0 amide bonds. The topological polar surface area (TPSA) is 63.1 Å². The Morgan fingerprint density at radius 1 is 0.851 bits per heavy atom. The molecule has 3 heterocycles. The van der Waals surface area contributed by atoms with Crippen LogP contribution in [0.25, 0.3) is 43.4 Å². The van der Waals surface area contributed by atoms with Gasteiger partial charge in [-0.2, -0.15) is 0 Å². The van der Waals surface area contributed by atoms with Gasteiger partial charge < -0.3 is 5.11 Å². The maximum atomic E-state index is 12.2. The van der Waals surface area contributed by atoms with Gasteiger partial charge in [-0.1, -0.05) is 97.5 Å². The molecule has 251 valence electrons. The van der Waals surface area contributed by atoms with Gasteiger partial charge in [0.2, 0.25) is 0 Å². The molecule has 0 saturated carbocycles.